The molecule has 1 saturated carbocycles. The summed E-state index contributed by atoms with van der Waals surface area (Å²) in [5, 5.41) is 14.1. The minimum absolute atomic E-state index is 0.400. The molecular formula is C22H24N4O2. The molecule has 4 rings (SSSR count). The zero-order valence-electron chi connectivity index (χ0n) is 16.0. The molecule has 0 aliphatic heterocycles. The van der Waals surface area contributed by atoms with Crippen molar-refractivity contribution in [3.05, 3.63) is 60.4 Å². The van der Waals surface area contributed by atoms with E-state index in [1.807, 2.05) is 43.4 Å². The summed E-state index contributed by atoms with van der Waals surface area (Å²) < 4.78 is 5.95. The van der Waals surface area contributed by atoms with Gasteiger partial charge in [-0.25, -0.2) is 4.98 Å². The minimum Gasteiger partial charge on any atom is -0.437 e. The Labute approximate surface area is 164 Å². The number of benzene rings is 1. The Kier molecular flexibility index (Phi) is 5.37. The summed E-state index contributed by atoms with van der Waals surface area (Å²) in [7, 11) is 1.98. The number of hydrogen-bond acceptors (Lipinski definition) is 5. The first-order valence-corrected chi connectivity index (χ1v) is 9.69. The molecule has 6 heteroatoms. The lowest BCUT2D eigenvalue weighted by Crippen LogP contribution is -2.38. The smallest absolute Gasteiger partial charge is 0.219 e. The molecule has 144 valence electrons. The van der Waals surface area contributed by atoms with Crippen LogP contribution in [0.3, 0.4) is 0 Å². The Balaban J connectivity index is 1.53. The summed E-state index contributed by atoms with van der Waals surface area (Å²) >= 11 is 0. The van der Waals surface area contributed by atoms with Crippen LogP contribution in [0.25, 0.3) is 10.9 Å². The lowest BCUT2D eigenvalue weighted by Gasteiger charge is -2.32. The Hall–Kier alpha value is -3.15. The van der Waals surface area contributed by atoms with Crippen LogP contribution in [0.1, 0.15) is 37.7 Å². The first-order valence-electron chi connectivity index (χ1n) is 9.69. The summed E-state index contributed by atoms with van der Waals surface area (Å²) in [5.41, 5.74) is 1.56. The van der Waals surface area contributed by atoms with Crippen molar-refractivity contribution in [2.75, 3.05) is 7.05 Å². The van der Waals surface area contributed by atoms with Crippen LogP contribution in [0.2, 0.25) is 0 Å². The van der Waals surface area contributed by atoms with Gasteiger partial charge in [-0.1, -0.05) is 42.6 Å². The maximum Gasteiger partial charge on any atom is 0.219 e. The first-order chi connectivity index (χ1) is 13.8. The molecule has 2 aromatic heterocycles. The van der Waals surface area contributed by atoms with E-state index in [1.165, 1.54) is 19.3 Å². The molecule has 3 aromatic rings. The normalized spacial score (nSPS) is 15.5. The molecule has 1 N–H and O–H groups in total. The van der Waals surface area contributed by atoms with Crippen molar-refractivity contribution in [1.29, 1.82) is 0 Å². The molecular weight excluding hydrogens is 352 g/mol. The molecule has 0 unspecified atom stereocenters. The predicted molar refractivity (Wildman–Crippen MR) is 109 cm³/mol. The van der Waals surface area contributed by atoms with Gasteiger partial charge in [0, 0.05) is 42.5 Å². The maximum atomic E-state index is 9.58. The molecule has 1 fully saturated rings. The highest BCUT2D eigenvalue weighted by atomic mass is 16.5. The van der Waals surface area contributed by atoms with E-state index >= 15 is 0 Å². The van der Waals surface area contributed by atoms with E-state index in [4.69, 9.17) is 4.74 Å². The predicted octanol–water partition coefficient (Wildman–Crippen LogP) is 4.82. The molecule has 0 spiro atoms. The van der Waals surface area contributed by atoms with Gasteiger partial charge in [-0.3, -0.25) is 4.98 Å². The summed E-state index contributed by atoms with van der Waals surface area (Å²) in [6.45, 7) is 0. The highest BCUT2D eigenvalue weighted by molar-refractivity contribution is 5.98. The highest BCUT2D eigenvalue weighted by Gasteiger charge is 2.22. The van der Waals surface area contributed by atoms with Gasteiger partial charge in [-0.15, -0.1) is 0 Å². The number of pyridine rings is 2. The third-order valence-corrected chi connectivity index (χ3v) is 5.36. The quantitative estimate of drug-likeness (QED) is 0.306. The number of ether oxygens (including phenoxy) is 1. The maximum absolute atomic E-state index is 9.58. The van der Waals surface area contributed by atoms with Crippen LogP contribution in [0.15, 0.2) is 60.0 Å². The van der Waals surface area contributed by atoms with E-state index in [0.29, 0.717) is 23.5 Å². The Bertz CT molecular complexity index is 960. The van der Waals surface area contributed by atoms with Gasteiger partial charge in [0.25, 0.3) is 0 Å². The van der Waals surface area contributed by atoms with Crippen molar-refractivity contribution in [2.24, 2.45) is 5.16 Å². The van der Waals surface area contributed by atoms with Gasteiger partial charge in [0.2, 0.25) is 5.88 Å². The van der Waals surface area contributed by atoms with Crippen molar-refractivity contribution in [2.45, 2.75) is 38.1 Å². The van der Waals surface area contributed by atoms with Crippen molar-refractivity contribution in [3.8, 4) is 11.6 Å². The Morgan fingerprint density at radius 1 is 1.07 bits per heavy atom. The van der Waals surface area contributed by atoms with Gasteiger partial charge in [-0.2, -0.15) is 0 Å². The van der Waals surface area contributed by atoms with Crippen LogP contribution in [-0.2, 0) is 0 Å². The van der Waals surface area contributed by atoms with E-state index < -0.39 is 0 Å². The molecule has 0 bridgehead atoms. The van der Waals surface area contributed by atoms with Crippen LogP contribution < -0.4 is 4.74 Å². The van der Waals surface area contributed by atoms with Gasteiger partial charge in [0.15, 0.2) is 11.6 Å². The number of hydrogen-bond donors (Lipinski definition) is 1. The Morgan fingerprint density at radius 3 is 2.64 bits per heavy atom. The van der Waals surface area contributed by atoms with Crippen LogP contribution in [0, 0.1) is 0 Å². The highest BCUT2D eigenvalue weighted by Crippen LogP contribution is 2.28. The summed E-state index contributed by atoms with van der Waals surface area (Å²) in [6.07, 6.45) is 9.40. The molecule has 0 radical (unpaired) electrons. The van der Waals surface area contributed by atoms with E-state index in [2.05, 4.69) is 20.0 Å². The van der Waals surface area contributed by atoms with Crippen LogP contribution in [-0.4, -0.2) is 39.0 Å². The number of fused-ring (bicyclic) bond motifs is 1. The molecule has 1 aliphatic rings. The molecule has 6 nitrogen and oxygen atoms in total. The number of oxime groups is 1. The summed E-state index contributed by atoms with van der Waals surface area (Å²) in [5.74, 6) is 1.67. The van der Waals surface area contributed by atoms with Crippen LogP contribution in [0.4, 0.5) is 0 Å². The number of aromatic nitrogens is 2. The first kappa shape index (κ1) is 18.2. The molecule has 0 amide bonds. The third-order valence-electron chi connectivity index (χ3n) is 5.36. The fourth-order valence-electron chi connectivity index (χ4n) is 3.82. The number of rotatable bonds is 4. The molecule has 0 atom stereocenters. The number of nitrogens with zero attached hydrogens (tertiary/aromatic N) is 4. The standard InChI is InChI=1S/C22H24N4O2/c1-26(18-9-3-2-4-10-18)22(25-27)17-12-13-20(24-15-17)28-19-11-5-7-16-8-6-14-23-21(16)19/h5-8,11-15,18,27H,2-4,9-10H2,1H3/b25-22-. The monoisotopic (exact) mass is 376 g/mol. The fraction of sp³-hybridized carbons (Fsp3) is 0.318. The molecule has 1 aromatic carbocycles. The van der Waals surface area contributed by atoms with E-state index in [9.17, 15) is 5.21 Å². The van der Waals surface area contributed by atoms with E-state index in [1.54, 1.807) is 18.5 Å². The second kappa shape index (κ2) is 8.25. The molecule has 0 saturated heterocycles. The summed E-state index contributed by atoms with van der Waals surface area (Å²) in [6, 6.07) is 13.8. The lowest BCUT2D eigenvalue weighted by atomic mass is 9.94. The second-order valence-electron chi connectivity index (χ2n) is 7.14. The topological polar surface area (TPSA) is 70.8 Å². The van der Waals surface area contributed by atoms with Gasteiger partial charge >= 0.3 is 0 Å². The van der Waals surface area contributed by atoms with Crippen molar-refractivity contribution >= 4 is 16.7 Å². The van der Waals surface area contributed by atoms with Crippen molar-refractivity contribution in [3.63, 3.8) is 0 Å². The molecule has 2 heterocycles. The largest absolute Gasteiger partial charge is 0.437 e. The lowest BCUT2D eigenvalue weighted by molar-refractivity contribution is 0.256. The third kappa shape index (κ3) is 3.76. The van der Waals surface area contributed by atoms with Gasteiger partial charge < -0.3 is 14.8 Å². The average molecular weight is 376 g/mol. The van der Waals surface area contributed by atoms with Gasteiger partial charge in [0.05, 0.1) is 0 Å². The molecule has 28 heavy (non-hydrogen) atoms. The van der Waals surface area contributed by atoms with Crippen LogP contribution >= 0.6 is 0 Å². The van der Waals surface area contributed by atoms with Crippen molar-refractivity contribution in [1.82, 2.24) is 14.9 Å². The van der Waals surface area contributed by atoms with Crippen LogP contribution in [0.5, 0.6) is 11.6 Å². The fourth-order valence-corrected chi connectivity index (χ4v) is 3.82. The minimum atomic E-state index is 0.400. The van der Waals surface area contributed by atoms with Gasteiger partial charge in [0.1, 0.15) is 5.52 Å². The zero-order chi connectivity index (χ0) is 19.3. The zero-order valence-corrected chi connectivity index (χ0v) is 16.0. The molecule has 1 aliphatic carbocycles. The number of para-hydroxylation sites is 1. The Morgan fingerprint density at radius 2 is 1.89 bits per heavy atom. The number of amidine groups is 1. The van der Waals surface area contributed by atoms with E-state index in [-0.39, 0.29) is 0 Å². The SMILES string of the molecule is CN(/C(=N\O)c1ccc(Oc2cccc3cccnc23)nc1)C1CCCCC1. The average Bonchev–Trinajstić information content (AvgIpc) is 2.76. The van der Waals surface area contributed by atoms with Gasteiger partial charge in [-0.05, 0) is 31.0 Å². The van der Waals surface area contributed by atoms with Crippen molar-refractivity contribution < 1.29 is 9.94 Å². The summed E-state index contributed by atoms with van der Waals surface area (Å²) in [4.78, 5) is 10.9. The van der Waals surface area contributed by atoms with E-state index in [0.717, 1.165) is 29.3 Å². The second-order valence-corrected chi connectivity index (χ2v) is 7.14.